The summed E-state index contributed by atoms with van der Waals surface area (Å²) in [5.74, 6) is 0.331. The fourth-order valence-corrected chi connectivity index (χ4v) is 0.788. The van der Waals surface area contributed by atoms with Gasteiger partial charge in [0.05, 0.1) is 0 Å². The number of hydrogen-bond acceptors (Lipinski definition) is 2. The number of hydrogen-bond donors (Lipinski definition) is 1. The molecule has 0 saturated carbocycles. The maximum Gasteiger partial charge on any atom is 0.132 e. The first kappa shape index (κ1) is 9.63. The lowest BCUT2D eigenvalue weighted by Gasteiger charge is -1.95. The molecule has 0 rings (SSSR count). The smallest absolute Gasteiger partial charge is 0.132 e. The Morgan fingerprint density at radius 2 is 2.00 bits per heavy atom. The van der Waals surface area contributed by atoms with Crippen LogP contribution < -0.4 is 0 Å². The number of carbonyl (C=O) groups excluding carboxylic acids is 1. The lowest BCUT2D eigenvalue weighted by atomic mass is 10.1. The molecule has 0 aromatic rings. The van der Waals surface area contributed by atoms with Gasteiger partial charge in [-0.05, 0) is 12.8 Å². The molecule has 0 aliphatic rings. The summed E-state index contributed by atoms with van der Waals surface area (Å²) in [6.07, 6.45) is 4.09. The highest BCUT2D eigenvalue weighted by Crippen LogP contribution is 2.00. The van der Waals surface area contributed by atoms with E-state index in [4.69, 9.17) is 5.11 Å². The quantitative estimate of drug-likeness (QED) is 0.574. The highest BCUT2D eigenvalue weighted by atomic mass is 16.2. The van der Waals surface area contributed by atoms with Gasteiger partial charge in [0.15, 0.2) is 0 Å². The lowest BCUT2D eigenvalue weighted by Crippen LogP contribution is -1.94. The van der Waals surface area contributed by atoms with Gasteiger partial charge in [0.25, 0.3) is 0 Å². The summed E-state index contributed by atoms with van der Waals surface area (Å²) < 4.78 is 0. The van der Waals surface area contributed by atoms with Crippen molar-refractivity contribution in [1.82, 2.24) is 0 Å². The Kier molecular flexibility index (Phi) is 6.50. The molecule has 0 aromatic carbocycles. The van der Waals surface area contributed by atoms with Gasteiger partial charge in [-0.15, -0.1) is 0 Å². The van der Waals surface area contributed by atoms with Crippen LogP contribution in [0, 0.1) is 0 Å². The van der Waals surface area contributed by atoms with Gasteiger partial charge in [0.1, 0.15) is 5.78 Å². The van der Waals surface area contributed by atoms with Crippen molar-refractivity contribution in [3.8, 4) is 0 Å². The molecule has 0 aliphatic heterocycles. The average molecular weight is 144 g/mol. The minimum atomic E-state index is 0.250. The monoisotopic (exact) mass is 144 g/mol. The van der Waals surface area contributed by atoms with Gasteiger partial charge in [-0.2, -0.15) is 0 Å². The predicted molar refractivity (Wildman–Crippen MR) is 40.9 cm³/mol. The van der Waals surface area contributed by atoms with Crippen LogP contribution in [0.3, 0.4) is 0 Å². The Morgan fingerprint density at radius 1 is 1.30 bits per heavy atom. The summed E-state index contributed by atoms with van der Waals surface area (Å²) in [4.78, 5) is 10.7. The topological polar surface area (TPSA) is 37.3 Å². The van der Waals surface area contributed by atoms with Crippen molar-refractivity contribution in [2.24, 2.45) is 0 Å². The summed E-state index contributed by atoms with van der Waals surface area (Å²) in [6, 6.07) is 0. The summed E-state index contributed by atoms with van der Waals surface area (Å²) in [5, 5.41) is 8.40. The first-order valence-corrected chi connectivity index (χ1v) is 3.93. The molecular weight excluding hydrogens is 128 g/mol. The van der Waals surface area contributed by atoms with Crippen LogP contribution in [-0.2, 0) is 4.79 Å². The molecule has 2 nitrogen and oxygen atoms in total. The lowest BCUT2D eigenvalue weighted by molar-refractivity contribution is -0.118. The van der Waals surface area contributed by atoms with Crippen LogP contribution >= 0.6 is 0 Å². The van der Waals surface area contributed by atoms with Crippen LogP contribution in [0.4, 0.5) is 0 Å². The van der Waals surface area contributed by atoms with E-state index in [-0.39, 0.29) is 6.61 Å². The van der Waals surface area contributed by atoms with Crippen LogP contribution in [0.5, 0.6) is 0 Å². The Hall–Kier alpha value is -0.370. The molecule has 0 bridgehead atoms. The van der Waals surface area contributed by atoms with E-state index in [0.717, 1.165) is 19.3 Å². The molecule has 0 aromatic heterocycles. The Labute approximate surface area is 62.2 Å². The first-order chi connectivity index (χ1) is 4.81. The average Bonchev–Trinajstić information content (AvgIpc) is 1.98. The van der Waals surface area contributed by atoms with Crippen molar-refractivity contribution in [2.75, 3.05) is 6.61 Å². The molecule has 0 aliphatic carbocycles. The van der Waals surface area contributed by atoms with E-state index in [1.165, 1.54) is 0 Å². The van der Waals surface area contributed by atoms with Crippen molar-refractivity contribution in [1.29, 1.82) is 0 Å². The SMILES string of the molecule is CCC(=O)CCCCCO. The van der Waals surface area contributed by atoms with Crippen molar-refractivity contribution < 1.29 is 9.90 Å². The number of ketones is 1. The van der Waals surface area contributed by atoms with Gasteiger partial charge in [-0.3, -0.25) is 4.79 Å². The molecule has 0 amide bonds. The molecule has 0 radical (unpaired) electrons. The predicted octanol–water partition coefficient (Wildman–Crippen LogP) is 1.52. The Morgan fingerprint density at radius 3 is 2.50 bits per heavy atom. The first-order valence-electron chi connectivity index (χ1n) is 3.93. The molecule has 0 atom stereocenters. The van der Waals surface area contributed by atoms with E-state index in [2.05, 4.69) is 0 Å². The van der Waals surface area contributed by atoms with E-state index in [0.29, 0.717) is 18.6 Å². The van der Waals surface area contributed by atoms with E-state index in [1.807, 2.05) is 6.92 Å². The van der Waals surface area contributed by atoms with Crippen LogP contribution in [0.15, 0.2) is 0 Å². The molecule has 0 saturated heterocycles. The Balaban J connectivity index is 2.96. The van der Waals surface area contributed by atoms with Gasteiger partial charge in [-0.25, -0.2) is 0 Å². The molecule has 60 valence electrons. The van der Waals surface area contributed by atoms with Crippen LogP contribution in [0.25, 0.3) is 0 Å². The van der Waals surface area contributed by atoms with Crippen molar-refractivity contribution in [3.63, 3.8) is 0 Å². The number of rotatable bonds is 6. The standard InChI is InChI=1S/C8H16O2/c1-2-8(10)6-4-3-5-7-9/h9H,2-7H2,1H3. The second kappa shape index (κ2) is 6.75. The number of Topliss-reactive ketones (excluding diaryl/α,β-unsaturated/α-hetero) is 1. The second-order valence-electron chi connectivity index (χ2n) is 2.43. The zero-order valence-electron chi connectivity index (χ0n) is 6.60. The van der Waals surface area contributed by atoms with E-state index in [1.54, 1.807) is 0 Å². The van der Waals surface area contributed by atoms with Gasteiger partial charge in [-0.1, -0.05) is 13.3 Å². The van der Waals surface area contributed by atoms with E-state index in [9.17, 15) is 4.79 Å². The third-order valence-corrected chi connectivity index (χ3v) is 1.51. The zero-order valence-corrected chi connectivity index (χ0v) is 6.60. The van der Waals surface area contributed by atoms with Crippen LogP contribution in [0.2, 0.25) is 0 Å². The van der Waals surface area contributed by atoms with Gasteiger partial charge < -0.3 is 5.11 Å². The molecular formula is C8H16O2. The zero-order chi connectivity index (χ0) is 7.82. The molecule has 1 N–H and O–H groups in total. The molecule has 0 spiro atoms. The number of carbonyl (C=O) groups is 1. The maximum absolute atomic E-state index is 10.7. The number of unbranched alkanes of at least 4 members (excludes halogenated alkanes) is 2. The molecule has 0 heterocycles. The van der Waals surface area contributed by atoms with Crippen LogP contribution in [0.1, 0.15) is 39.0 Å². The molecule has 10 heavy (non-hydrogen) atoms. The maximum atomic E-state index is 10.7. The summed E-state index contributed by atoms with van der Waals surface area (Å²) in [7, 11) is 0. The van der Waals surface area contributed by atoms with Gasteiger partial charge in [0.2, 0.25) is 0 Å². The fraction of sp³-hybridized carbons (Fsp3) is 0.875. The fourth-order valence-electron chi connectivity index (χ4n) is 0.788. The van der Waals surface area contributed by atoms with E-state index < -0.39 is 0 Å². The highest BCUT2D eigenvalue weighted by molar-refractivity contribution is 5.77. The van der Waals surface area contributed by atoms with Gasteiger partial charge >= 0.3 is 0 Å². The van der Waals surface area contributed by atoms with Gasteiger partial charge in [0, 0.05) is 19.4 Å². The van der Waals surface area contributed by atoms with Crippen LogP contribution in [-0.4, -0.2) is 17.5 Å². The Bertz CT molecular complexity index is 89.3. The summed E-state index contributed by atoms with van der Waals surface area (Å²) in [5.41, 5.74) is 0. The number of aliphatic hydroxyl groups is 1. The summed E-state index contributed by atoms with van der Waals surface area (Å²) in [6.45, 7) is 2.13. The van der Waals surface area contributed by atoms with Crippen molar-refractivity contribution in [2.45, 2.75) is 39.0 Å². The van der Waals surface area contributed by atoms with Crippen molar-refractivity contribution >= 4 is 5.78 Å². The number of aliphatic hydroxyl groups excluding tert-OH is 1. The minimum Gasteiger partial charge on any atom is -0.396 e. The third-order valence-electron chi connectivity index (χ3n) is 1.51. The van der Waals surface area contributed by atoms with E-state index >= 15 is 0 Å². The van der Waals surface area contributed by atoms with Crippen molar-refractivity contribution in [3.05, 3.63) is 0 Å². The summed E-state index contributed by atoms with van der Waals surface area (Å²) >= 11 is 0. The second-order valence-corrected chi connectivity index (χ2v) is 2.43. The third kappa shape index (κ3) is 5.76. The molecule has 0 unspecified atom stereocenters. The highest BCUT2D eigenvalue weighted by Gasteiger charge is 1.96. The minimum absolute atomic E-state index is 0.250. The molecule has 2 heteroatoms. The normalized spacial score (nSPS) is 9.80. The molecule has 0 fully saturated rings. The largest absolute Gasteiger partial charge is 0.396 e.